The molecule has 1 aliphatic rings. The van der Waals surface area contributed by atoms with Gasteiger partial charge in [0.25, 0.3) is 5.91 Å². The van der Waals surface area contributed by atoms with Gasteiger partial charge in [-0.05, 0) is 30.3 Å². The molecule has 0 unspecified atom stereocenters. The Labute approximate surface area is 115 Å². The van der Waals surface area contributed by atoms with Crippen molar-refractivity contribution < 1.29 is 13.9 Å². The maximum atomic E-state index is 13.9. The zero-order valence-electron chi connectivity index (χ0n) is 10.7. The Kier molecular flexibility index (Phi) is 3.02. The van der Waals surface area contributed by atoms with Crippen LogP contribution in [-0.4, -0.2) is 19.1 Å². The standard InChI is InChI=1S/C15H13FN2O2/c16-12-9-10(17)5-6-11(12)15(19)18-7-8-20-14-4-2-1-3-13(14)18/h1-6,9H,7-8,17H2. The summed E-state index contributed by atoms with van der Waals surface area (Å²) < 4.78 is 19.4. The van der Waals surface area contributed by atoms with Gasteiger partial charge in [0.05, 0.1) is 17.8 Å². The molecular formula is C15H13FN2O2. The topological polar surface area (TPSA) is 55.6 Å². The monoisotopic (exact) mass is 272 g/mol. The average Bonchev–Trinajstić information content (AvgIpc) is 2.46. The first-order valence-corrected chi connectivity index (χ1v) is 6.25. The number of carbonyl (C=O) groups is 1. The minimum absolute atomic E-state index is 0.0101. The van der Waals surface area contributed by atoms with Crippen LogP contribution in [0.1, 0.15) is 10.4 Å². The number of para-hydroxylation sites is 2. The second-order valence-electron chi connectivity index (χ2n) is 4.51. The number of ether oxygens (including phenoxy) is 1. The van der Waals surface area contributed by atoms with Crippen molar-refractivity contribution in [3.05, 3.63) is 53.8 Å². The molecule has 1 amide bonds. The van der Waals surface area contributed by atoms with Crippen LogP contribution in [0.5, 0.6) is 5.75 Å². The predicted molar refractivity (Wildman–Crippen MR) is 74.4 cm³/mol. The number of halogens is 1. The molecule has 0 radical (unpaired) electrons. The number of amides is 1. The summed E-state index contributed by atoms with van der Waals surface area (Å²) in [5.41, 5.74) is 6.45. The van der Waals surface area contributed by atoms with Crippen LogP contribution in [0.4, 0.5) is 15.8 Å². The molecule has 0 saturated carbocycles. The molecule has 5 heteroatoms. The van der Waals surface area contributed by atoms with Crippen molar-refractivity contribution in [2.24, 2.45) is 0 Å². The zero-order chi connectivity index (χ0) is 14.1. The summed E-state index contributed by atoms with van der Waals surface area (Å²) in [6.45, 7) is 0.777. The lowest BCUT2D eigenvalue weighted by Crippen LogP contribution is -2.38. The van der Waals surface area contributed by atoms with Gasteiger partial charge in [0.1, 0.15) is 18.2 Å². The molecule has 0 bridgehead atoms. The van der Waals surface area contributed by atoms with Crippen LogP contribution in [-0.2, 0) is 0 Å². The van der Waals surface area contributed by atoms with E-state index >= 15 is 0 Å². The van der Waals surface area contributed by atoms with Gasteiger partial charge in [-0.15, -0.1) is 0 Å². The van der Waals surface area contributed by atoms with E-state index in [2.05, 4.69) is 0 Å². The number of hydrogen-bond acceptors (Lipinski definition) is 3. The van der Waals surface area contributed by atoms with Crippen LogP contribution in [0.25, 0.3) is 0 Å². The molecule has 0 saturated heterocycles. The number of carbonyl (C=O) groups excluding carboxylic acids is 1. The van der Waals surface area contributed by atoms with E-state index in [9.17, 15) is 9.18 Å². The molecule has 0 fully saturated rings. The fourth-order valence-electron chi connectivity index (χ4n) is 2.23. The smallest absolute Gasteiger partial charge is 0.261 e. The van der Waals surface area contributed by atoms with Crippen LogP contribution in [0.3, 0.4) is 0 Å². The van der Waals surface area contributed by atoms with Gasteiger partial charge in [-0.3, -0.25) is 4.79 Å². The maximum Gasteiger partial charge on any atom is 0.261 e. The van der Waals surface area contributed by atoms with Crippen LogP contribution in [0, 0.1) is 5.82 Å². The summed E-state index contributed by atoms with van der Waals surface area (Å²) in [6, 6.07) is 11.3. The van der Waals surface area contributed by atoms with E-state index in [1.54, 1.807) is 12.1 Å². The van der Waals surface area contributed by atoms with Gasteiger partial charge in [0.2, 0.25) is 0 Å². The quantitative estimate of drug-likeness (QED) is 0.811. The van der Waals surface area contributed by atoms with Crippen molar-refractivity contribution in [3.63, 3.8) is 0 Å². The van der Waals surface area contributed by atoms with E-state index in [-0.39, 0.29) is 5.56 Å². The molecule has 2 aromatic rings. The van der Waals surface area contributed by atoms with Crippen molar-refractivity contribution in [3.8, 4) is 5.75 Å². The van der Waals surface area contributed by atoms with Gasteiger partial charge < -0.3 is 15.4 Å². The summed E-state index contributed by atoms with van der Waals surface area (Å²) in [5.74, 6) is -0.375. The first-order valence-electron chi connectivity index (χ1n) is 6.25. The van der Waals surface area contributed by atoms with E-state index in [1.165, 1.54) is 17.0 Å². The van der Waals surface area contributed by atoms with Crippen LogP contribution >= 0.6 is 0 Å². The first-order chi connectivity index (χ1) is 9.66. The summed E-state index contributed by atoms with van der Waals surface area (Å²) in [4.78, 5) is 14.0. The molecule has 2 aromatic carbocycles. The van der Waals surface area contributed by atoms with E-state index in [0.29, 0.717) is 30.3 Å². The summed E-state index contributed by atoms with van der Waals surface area (Å²) in [5, 5.41) is 0. The SMILES string of the molecule is Nc1ccc(C(=O)N2CCOc3ccccc32)c(F)c1. The molecule has 1 aliphatic heterocycles. The predicted octanol–water partition coefficient (Wildman–Crippen LogP) is 2.45. The molecule has 102 valence electrons. The third-order valence-electron chi connectivity index (χ3n) is 3.20. The van der Waals surface area contributed by atoms with Crippen molar-refractivity contribution in [1.82, 2.24) is 0 Å². The van der Waals surface area contributed by atoms with Crippen LogP contribution in [0.15, 0.2) is 42.5 Å². The summed E-state index contributed by atoms with van der Waals surface area (Å²) in [6.07, 6.45) is 0. The maximum absolute atomic E-state index is 13.9. The lowest BCUT2D eigenvalue weighted by molar-refractivity contribution is 0.0972. The van der Waals surface area contributed by atoms with Crippen LogP contribution < -0.4 is 15.4 Å². The molecule has 0 aromatic heterocycles. The highest BCUT2D eigenvalue weighted by Crippen LogP contribution is 2.32. The first kappa shape index (κ1) is 12.5. The minimum atomic E-state index is -0.612. The van der Waals surface area contributed by atoms with Gasteiger partial charge in [-0.25, -0.2) is 4.39 Å². The third kappa shape index (κ3) is 2.07. The molecule has 0 spiro atoms. The fraction of sp³-hybridized carbons (Fsp3) is 0.133. The van der Waals surface area contributed by atoms with Crippen LogP contribution in [0.2, 0.25) is 0 Å². The average molecular weight is 272 g/mol. The molecule has 4 nitrogen and oxygen atoms in total. The third-order valence-corrected chi connectivity index (χ3v) is 3.20. The Hall–Kier alpha value is -2.56. The van der Waals surface area contributed by atoms with Gasteiger partial charge >= 0.3 is 0 Å². The van der Waals surface area contributed by atoms with E-state index < -0.39 is 11.7 Å². The molecule has 20 heavy (non-hydrogen) atoms. The minimum Gasteiger partial charge on any atom is -0.490 e. The number of benzene rings is 2. The van der Waals surface area contributed by atoms with E-state index in [4.69, 9.17) is 10.5 Å². The number of nitrogens with zero attached hydrogens (tertiary/aromatic N) is 1. The molecule has 1 heterocycles. The largest absolute Gasteiger partial charge is 0.490 e. The number of anilines is 2. The van der Waals surface area contributed by atoms with Crippen molar-refractivity contribution in [2.75, 3.05) is 23.8 Å². The lowest BCUT2D eigenvalue weighted by Gasteiger charge is -2.29. The summed E-state index contributed by atoms with van der Waals surface area (Å²) in [7, 11) is 0. The molecule has 3 rings (SSSR count). The number of hydrogen-bond donors (Lipinski definition) is 1. The molecule has 0 aliphatic carbocycles. The second-order valence-corrected chi connectivity index (χ2v) is 4.51. The van der Waals surface area contributed by atoms with Gasteiger partial charge in [-0.2, -0.15) is 0 Å². The number of rotatable bonds is 1. The number of nitrogens with two attached hydrogens (primary N) is 1. The van der Waals surface area contributed by atoms with Crippen molar-refractivity contribution in [1.29, 1.82) is 0 Å². The Bertz CT molecular complexity index is 673. The Morgan fingerprint density at radius 2 is 2.05 bits per heavy atom. The van der Waals surface area contributed by atoms with Crippen molar-refractivity contribution in [2.45, 2.75) is 0 Å². The summed E-state index contributed by atoms with van der Waals surface area (Å²) >= 11 is 0. The number of fused-ring (bicyclic) bond motifs is 1. The molecule has 0 atom stereocenters. The number of nitrogen functional groups attached to an aromatic ring is 1. The highest BCUT2D eigenvalue weighted by molar-refractivity contribution is 6.07. The second kappa shape index (κ2) is 4.85. The van der Waals surface area contributed by atoms with Gasteiger partial charge in [0.15, 0.2) is 0 Å². The fourth-order valence-corrected chi connectivity index (χ4v) is 2.23. The highest BCUT2D eigenvalue weighted by Gasteiger charge is 2.26. The normalized spacial score (nSPS) is 13.6. The Morgan fingerprint density at radius 1 is 1.25 bits per heavy atom. The Balaban J connectivity index is 2.00. The van der Waals surface area contributed by atoms with Gasteiger partial charge in [-0.1, -0.05) is 12.1 Å². The van der Waals surface area contributed by atoms with E-state index in [0.717, 1.165) is 6.07 Å². The molecule has 2 N–H and O–H groups in total. The zero-order valence-corrected chi connectivity index (χ0v) is 10.7. The lowest BCUT2D eigenvalue weighted by atomic mass is 10.1. The van der Waals surface area contributed by atoms with Gasteiger partial charge in [0, 0.05) is 5.69 Å². The molecular weight excluding hydrogens is 259 g/mol. The van der Waals surface area contributed by atoms with E-state index in [1.807, 2.05) is 12.1 Å². The Morgan fingerprint density at radius 3 is 2.85 bits per heavy atom. The van der Waals surface area contributed by atoms with Crippen molar-refractivity contribution >= 4 is 17.3 Å². The highest BCUT2D eigenvalue weighted by atomic mass is 19.1.